The molecule has 5 rings (SSSR count). The summed E-state index contributed by atoms with van der Waals surface area (Å²) >= 11 is 0. The summed E-state index contributed by atoms with van der Waals surface area (Å²) < 4.78 is 6.34. The van der Waals surface area contributed by atoms with Crippen LogP contribution in [0.4, 0.5) is 0 Å². The minimum atomic E-state index is -1.37. The zero-order valence-electron chi connectivity index (χ0n) is 14.9. The zero-order chi connectivity index (χ0) is 17.4. The van der Waals surface area contributed by atoms with E-state index in [1.165, 1.54) is 0 Å². The van der Waals surface area contributed by atoms with Crippen LogP contribution >= 0.6 is 0 Å². The molecule has 1 saturated heterocycles. The quantitative estimate of drug-likeness (QED) is 0.564. The van der Waals surface area contributed by atoms with E-state index in [0.29, 0.717) is 12.8 Å². The van der Waals surface area contributed by atoms with Crippen molar-refractivity contribution in [3.8, 4) is 0 Å². The molecule has 0 aromatic rings. The van der Waals surface area contributed by atoms with Crippen molar-refractivity contribution in [2.24, 2.45) is 35.0 Å². The first-order valence-electron chi connectivity index (χ1n) is 9.55. The van der Waals surface area contributed by atoms with Gasteiger partial charge in [-0.05, 0) is 31.1 Å². The van der Waals surface area contributed by atoms with E-state index in [9.17, 15) is 20.4 Å². The van der Waals surface area contributed by atoms with E-state index in [4.69, 9.17) is 4.74 Å². The van der Waals surface area contributed by atoms with Gasteiger partial charge in [-0.2, -0.15) is 0 Å². The molecule has 1 aliphatic heterocycles. The minimum absolute atomic E-state index is 0.125. The molecule has 4 aliphatic carbocycles. The van der Waals surface area contributed by atoms with Crippen LogP contribution < -0.4 is 0 Å². The van der Waals surface area contributed by atoms with Crippen LogP contribution in [0, 0.1) is 35.0 Å². The van der Waals surface area contributed by atoms with Crippen molar-refractivity contribution in [1.29, 1.82) is 0 Å². The van der Waals surface area contributed by atoms with Gasteiger partial charge in [0.15, 0.2) is 0 Å². The van der Waals surface area contributed by atoms with Gasteiger partial charge in [-0.3, -0.25) is 0 Å². The second-order valence-corrected chi connectivity index (χ2v) is 10.0. The van der Waals surface area contributed by atoms with E-state index in [1.807, 2.05) is 20.8 Å². The molecule has 0 spiro atoms. The second kappa shape index (κ2) is 4.04. The smallest absolute Gasteiger partial charge is 0.105 e. The molecule has 5 nitrogen and oxygen atoms in total. The monoisotopic (exact) mass is 338 g/mol. The summed E-state index contributed by atoms with van der Waals surface area (Å²) in [7, 11) is 0. The van der Waals surface area contributed by atoms with Crippen LogP contribution in [0.3, 0.4) is 0 Å². The highest BCUT2D eigenvalue weighted by Crippen LogP contribution is 2.77. The van der Waals surface area contributed by atoms with Crippen LogP contribution in [-0.2, 0) is 4.74 Å². The Balaban J connectivity index is 1.78. The number of hydrogen-bond donors (Lipinski definition) is 4. The third kappa shape index (κ3) is 1.22. The van der Waals surface area contributed by atoms with Crippen molar-refractivity contribution >= 4 is 0 Å². The van der Waals surface area contributed by atoms with Crippen molar-refractivity contribution in [2.75, 3.05) is 0 Å². The molecule has 5 bridgehead atoms. The van der Waals surface area contributed by atoms with E-state index in [0.717, 1.165) is 6.42 Å². The number of aliphatic hydroxyl groups excluding tert-OH is 1. The summed E-state index contributed by atoms with van der Waals surface area (Å²) in [5, 5.41) is 46.2. The van der Waals surface area contributed by atoms with Crippen molar-refractivity contribution < 1.29 is 25.2 Å². The summed E-state index contributed by atoms with van der Waals surface area (Å²) in [5.41, 5.74) is -4.18. The maximum atomic E-state index is 11.9. The van der Waals surface area contributed by atoms with Crippen LogP contribution in [0.2, 0.25) is 0 Å². The molecule has 4 N–H and O–H groups in total. The average Bonchev–Trinajstić information content (AvgIpc) is 2.92. The number of aliphatic hydroxyl groups is 4. The third-order valence-electron chi connectivity index (χ3n) is 9.13. The highest BCUT2D eigenvalue weighted by Gasteiger charge is 2.88. The lowest BCUT2D eigenvalue weighted by atomic mass is 9.45. The maximum absolute atomic E-state index is 11.9. The van der Waals surface area contributed by atoms with E-state index >= 15 is 0 Å². The molecule has 11 atom stereocenters. The Morgan fingerprint density at radius 3 is 2.42 bits per heavy atom. The van der Waals surface area contributed by atoms with Gasteiger partial charge in [0.25, 0.3) is 0 Å². The molecule has 5 heteroatoms. The Hall–Kier alpha value is -0.200. The van der Waals surface area contributed by atoms with Crippen molar-refractivity contribution in [3.05, 3.63) is 0 Å². The van der Waals surface area contributed by atoms with Crippen LogP contribution in [-0.4, -0.2) is 55.5 Å². The SMILES string of the molecule is CC(C)[C@@]1(O)[C@H](O)[C@H]2C3(C)CC4O[C@H]([C@@H]5[C@H](C)CC[C@@]53O)[C@@]2(O)[C@@H]41. The topological polar surface area (TPSA) is 90.2 Å². The van der Waals surface area contributed by atoms with Gasteiger partial charge in [0.1, 0.15) is 11.2 Å². The number of ether oxygens (including phenoxy) is 1. The molecule has 5 aliphatic rings. The van der Waals surface area contributed by atoms with Crippen LogP contribution in [0.5, 0.6) is 0 Å². The summed E-state index contributed by atoms with van der Waals surface area (Å²) in [6, 6.07) is 0. The molecular formula is C19H30O5. The first-order valence-corrected chi connectivity index (χ1v) is 9.55. The van der Waals surface area contributed by atoms with E-state index in [2.05, 4.69) is 6.92 Å². The molecule has 2 unspecified atom stereocenters. The first kappa shape index (κ1) is 16.0. The van der Waals surface area contributed by atoms with Gasteiger partial charge in [-0.25, -0.2) is 0 Å². The van der Waals surface area contributed by atoms with Crippen LogP contribution in [0.25, 0.3) is 0 Å². The van der Waals surface area contributed by atoms with Crippen molar-refractivity contribution in [1.82, 2.24) is 0 Å². The molecule has 24 heavy (non-hydrogen) atoms. The summed E-state index contributed by atoms with van der Waals surface area (Å²) in [6.07, 6.45) is 0.388. The normalized spacial score (nSPS) is 69.6. The second-order valence-electron chi connectivity index (χ2n) is 10.0. The molecule has 0 aromatic heterocycles. The van der Waals surface area contributed by atoms with E-state index in [-0.39, 0.29) is 23.9 Å². The predicted molar refractivity (Wildman–Crippen MR) is 85.9 cm³/mol. The minimum Gasteiger partial charge on any atom is -0.390 e. The van der Waals surface area contributed by atoms with Gasteiger partial charge in [-0.15, -0.1) is 0 Å². The van der Waals surface area contributed by atoms with Gasteiger partial charge in [0.2, 0.25) is 0 Å². The van der Waals surface area contributed by atoms with Crippen LogP contribution in [0.1, 0.15) is 47.0 Å². The summed E-state index contributed by atoms with van der Waals surface area (Å²) in [4.78, 5) is 0. The van der Waals surface area contributed by atoms with Crippen molar-refractivity contribution in [2.45, 2.75) is 82.1 Å². The van der Waals surface area contributed by atoms with Crippen molar-refractivity contribution in [3.63, 3.8) is 0 Å². The molecule has 4 saturated carbocycles. The Kier molecular flexibility index (Phi) is 2.69. The molecule has 0 amide bonds. The fourth-order valence-corrected chi connectivity index (χ4v) is 8.16. The Morgan fingerprint density at radius 1 is 1.12 bits per heavy atom. The molecule has 1 heterocycles. The fraction of sp³-hybridized carbons (Fsp3) is 1.00. The Morgan fingerprint density at radius 2 is 1.79 bits per heavy atom. The summed E-state index contributed by atoms with van der Waals surface area (Å²) in [6.45, 7) is 7.94. The highest BCUT2D eigenvalue weighted by atomic mass is 16.5. The highest BCUT2D eigenvalue weighted by molar-refractivity contribution is 5.37. The third-order valence-corrected chi connectivity index (χ3v) is 9.13. The maximum Gasteiger partial charge on any atom is 0.105 e. The number of rotatable bonds is 1. The van der Waals surface area contributed by atoms with Crippen LogP contribution in [0.15, 0.2) is 0 Å². The molecule has 0 radical (unpaired) electrons. The lowest BCUT2D eigenvalue weighted by Crippen LogP contribution is -2.72. The van der Waals surface area contributed by atoms with E-state index < -0.39 is 46.3 Å². The Labute approximate surface area is 143 Å². The summed E-state index contributed by atoms with van der Waals surface area (Å²) in [5.74, 6) is -1.06. The molecular weight excluding hydrogens is 308 g/mol. The Bertz CT molecular complexity index is 609. The zero-order valence-corrected chi connectivity index (χ0v) is 14.9. The first-order chi connectivity index (χ1) is 11.0. The number of hydrogen-bond acceptors (Lipinski definition) is 5. The average molecular weight is 338 g/mol. The molecule has 136 valence electrons. The van der Waals surface area contributed by atoms with Gasteiger partial charge in [-0.1, -0.05) is 27.7 Å². The van der Waals surface area contributed by atoms with E-state index in [1.54, 1.807) is 0 Å². The largest absolute Gasteiger partial charge is 0.390 e. The predicted octanol–water partition coefficient (Wildman–Crippen LogP) is 0.680. The van der Waals surface area contributed by atoms with Gasteiger partial charge < -0.3 is 25.2 Å². The number of fused-ring (bicyclic) bond motifs is 3. The lowest BCUT2D eigenvalue weighted by Gasteiger charge is -2.62. The molecule has 0 aromatic carbocycles. The lowest BCUT2D eigenvalue weighted by molar-refractivity contribution is -0.265. The molecule has 5 fully saturated rings. The van der Waals surface area contributed by atoms with Gasteiger partial charge in [0, 0.05) is 23.2 Å². The standard InChI is InChI=1S/C19H30O5/c1-8(2)18(22)12-10-7-16(4)13(14(18)20)19(12,23)15(24-10)11-9(3)5-6-17(11,16)21/h8-15,20-23H,5-7H2,1-4H3/t9-,10?,11+,12+,13+,14-,15-,16?,17-,18+,19-/m1/s1. The van der Waals surface area contributed by atoms with Gasteiger partial charge in [0.05, 0.1) is 23.9 Å². The van der Waals surface area contributed by atoms with Gasteiger partial charge >= 0.3 is 0 Å². The fourth-order valence-electron chi connectivity index (χ4n) is 8.16.